The predicted octanol–water partition coefficient (Wildman–Crippen LogP) is 4.46. The van der Waals surface area contributed by atoms with E-state index in [-0.39, 0.29) is 28.0 Å². The normalized spacial score (nSPS) is 12.0. The van der Waals surface area contributed by atoms with Gasteiger partial charge in [-0.05, 0) is 69.0 Å². The van der Waals surface area contributed by atoms with Crippen molar-refractivity contribution < 1.29 is 17.9 Å². The maximum Gasteiger partial charge on any atom is 0.262 e. The summed E-state index contributed by atoms with van der Waals surface area (Å²) in [5.74, 6) is 0.399. The number of hydrogen-bond donors (Lipinski definition) is 2. The Morgan fingerprint density at radius 2 is 1.72 bits per heavy atom. The molecule has 0 aliphatic heterocycles. The number of rotatable bonds is 6. The number of sulfonamides is 1. The smallest absolute Gasteiger partial charge is 0.262 e. The van der Waals surface area contributed by atoms with E-state index in [0.717, 1.165) is 5.56 Å². The lowest BCUT2D eigenvalue weighted by Crippen LogP contribution is -2.40. The summed E-state index contributed by atoms with van der Waals surface area (Å²) >= 11 is 0. The van der Waals surface area contributed by atoms with Gasteiger partial charge in [0.2, 0.25) is 0 Å². The summed E-state index contributed by atoms with van der Waals surface area (Å²) in [5, 5.41) is 2.86. The van der Waals surface area contributed by atoms with Gasteiger partial charge in [-0.25, -0.2) is 8.42 Å². The van der Waals surface area contributed by atoms with E-state index in [2.05, 4.69) is 10.0 Å². The van der Waals surface area contributed by atoms with E-state index in [1.807, 2.05) is 34.6 Å². The van der Waals surface area contributed by atoms with Crippen LogP contribution in [0.2, 0.25) is 0 Å². The van der Waals surface area contributed by atoms with E-state index in [1.54, 1.807) is 50.4 Å². The predicted molar refractivity (Wildman–Crippen MR) is 116 cm³/mol. The number of aryl methyl sites for hydroxylation is 1. The molecule has 7 heteroatoms. The van der Waals surface area contributed by atoms with Gasteiger partial charge in [0, 0.05) is 5.54 Å². The fourth-order valence-electron chi connectivity index (χ4n) is 2.97. The molecule has 0 unspecified atom stereocenters. The third-order valence-electron chi connectivity index (χ3n) is 4.34. The van der Waals surface area contributed by atoms with Crippen LogP contribution in [0.4, 0.5) is 5.69 Å². The number of anilines is 1. The molecule has 0 saturated heterocycles. The zero-order valence-electron chi connectivity index (χ0n) is 18.1. The average Bonchev–Trinajstić information content (AvgIpc) is 2.59. The summed E-state index contributed by atoms with van der Waals surface area (Å²) in [6.45, 7) is 11.3. The zero-order valence-corrected chi connectivity index (χ0v) is 18.9. The number of ether oxygens (including phenoxy) is 1. The SMILES string of the molecule is COc1cc(C)c(S(=O)(=O)Nc2ccccc2C(=O)NC(C)(C)C)cc1C(C)C. The van der Waals surface area contributed by atoms with Crippen LogP contribution >= 0.6 is 0 Å². The molecule has 6 nitrogen and oxygen atoms in total. The molecule has 0 saturated carbocycles. The van der Waals surface area contributed by atoms with Gasteiger partial charge in [0.15, 0.2) is 0 Å². The second-order valence-corrected chi connectivity index (χ2v) is 10.0. The summed E-state index contributed by atoms with van der Waals surface area (Å²) < 4.78 is 34.3. The van der Waals surface area contributed by atoms with Gasteiger partial charge >= 0.3 is 0 Å². The minimum Gasteiger partial charge on any atom is -0.496 e. The second-order valence-electron chi connectivity index (χ2n) is 8.37. The van der Waals surface area contributed by atoms with Crippen LogP contribution in [0.25, 0.3) is 0 Å². The van der Waals surface area contributed by atoms with Crippen molar-refractivity contribution >= 4 is 21.6 Å². The van der Waals surface area contributed by atoms with E-state index in [9.17, 15) is 13.2 Å². The quantitative estimate of drug-likeness (QED) is 0.725. The number of carbonyl (C=O) groups is 1. The summed E-state index contributed by atoms with van der Waals surface area (Å²) in [5.41, 5.74) is 1.42. The average molecular weight is 419 g/mol. The maximum atomic E-state index is 13.2. The van der Waals surface area contributed by atoms with Gasteiger partial charge in [-0.15, -0.1) is 0 Å². The van der Waals surface area contributed by atoms with Crippen LogP contribution in [0, 0.1) is 6.92 Å². The minimum atomic E-state index is -3.91. The van der Waals surface area contributed by atoms with Crippen molar-refractivity contribution in [3.63, 3.8) is 0 Å². The van der Waals surface area contributed by atoms with Crippen LogP contribution in [0.15, 0.2) is 41.3 Å². The van der Waals surface area contributed by atoms with E-state index < -0.39 is 15.6 Å². The molecular formula is C22H30N2O4S. The molecule has 0 aliphatic rings. The fraction of sp³-hybridized carbons (Fsp3) is 0.409. The van der Waals surface area contributed by atoms with Gasteiger partial charge < -0.3 is 10.1 Å². The monoisotopic (exact) mass is 418 g/mol. The molecule has 0 atom stereocenters. The summed E-state index contributed by atoms with van der Waals surface area (Å²) in [6, 6.07) is 9.93. The number of methoxy groups -OCH3 is 1. The maximum absolute atomic E-state index is 13.2. The van der Waals surface area contributed by atoms with Gasteiger partial charge in [0.25, 0.3) is 15.9 Å². The zero-order chi connectivity index (χ0) is 22.0. The Labute approximate surface area is 173 Å². The largest absolute Gasteiger partial charge is 0.496 e. The lowest BCUT2D eigenvalue weighted by molar-refractivity contribution is 0.0920. The van der Waals surface area contributed by atoms with Gasteiger partial charge in [-0.1, -0.05) is 26.0 Å². The Bertz CT molecular complexity index is 1010. The molecule has 0 fully saturated rings. The van der Waals surface area contributed by atoms with E-state index in [0.29, 0.717) is 11.3 Å². The molecule has 2 N–H and O–H groups in total. The van der Waals surface area contributed by atoms with Crippen LogP contribution < -0.4 is 14.8 Å². The number of nitrogens with one attached hydrogen (secondary N) is 2. The van der Waals surface area contributed by atoms with Gasteiger partial charge in [-0.2, -0.15) is 0 Å². The molecule has 1 amide bonds. The van der Waals surface area contributed by atoms with E-state index in [4.69, 9.17) is 4.74 Å². The van der Waals surface area contributed by atoms with E-state index in [1.165, 1.54) is 0 Å². The Balaban J connectivity index is 2.48. The van der Waals surface area contributed by atoms with Crippen molar-refractivity contribution in [1.82, 2.24) is 5.32 Å². The third-order valence-corrected chi connectivity index (χ3v) is 5.85. The molecule has 2 aromatic rings. The van der Waals surface area contributed by atoms with Crippen LogP contribution in [0.5, 0.6) is 5.75 Å². The molecule has 2 rings (SSSR count). The second kappa shape index (κ2) is 8.45. The number of para-hydroxylation sites is 1. The molecule has 0 radical (unpaired) electrons. The molecule has 0 aromatic heterocycles. The van der Waals surface area contributed by atoms with Crippen LogP contribution in [0.3, 0.4) is 0 Å². The Kier molecular flexibility index (Phi) is 6.63. The summed E-state index contributed by atoms with van der Waals surface area (Å²) in [6.07, 6.45) is 0. The highest BCUT2D eigenvalue weighted by Gasteiger charge is 2.24. The van der Waals surface area contributed by atoms with Crippen molar-refractivity contribution in [2.45, 2.75) is 57.9 Å². The highest BCUT2D eigenvalue weighted by atomic mass is 32.2. The van der Waals surface area contributed by atoms with Crippen molar-refractivity contribution in [2.75, 3.05) is 11.8 Å². The van der Waals surface area contributed by atoms with Gasteiger partial charge in [-0.3, -0.25) is 9.52 Å². The van der Waals surface area contributed by atoms with Gasteiger partial charge in [0.1, 0.15) is 5.75 Å². The molecule has 29 heavy (non-hydrogen) atoms. The molecule has 0 aliphatic carbocycles. The number of amides is 1. The fourth-order valence-corrected chi connectivity index (χ4v) is 4.31. The molecule has 0 heterocycles. The lowest BCUT2D eigenvalue weighted by Gasteiger charge is -2.22. The first-order valence-corrected chi connectivity index (χ1v) is 11.0. The molecule has 0 bridgehead atoms. The minimum absolute atomic E-state index is 0.0874. The summed E-state index contributed by atoms with van der Waals surface area (Å²) in [4.78, 5) is 12.8. The lowest BCUT2D eigenvalue weighted by atomic mass is 10.0. The topological polar surface area (TPSA) is 84.5 Å². The molecule has 2 aromatic carbocycles. The van der Waals surface area contributed by atoms with E-state index >= 15 is 0 Å². The highest BCUT2D eigenvalue weighted by Crippen LogP contribution is 2.32. The summed E-state index contributed by atoms with van der Waals surface area (Å²) in [7, 11) is -2.34. The Morgan fingerprint density at radius 3 is 2.28 bits per heavy atom. The van der Waals surface area contributed by atoms with Crippen LogP contribution in [-0.2, 0) is 10.0 Å². The first kappa shape index (κ1) is 22.7. The highest BCUT2D eigenvalue weighted by molar-refractivity contribution is 7.92. The van der Waals surface area contributed by atoms with Crippen molar-refractivity contribution in [1.29, 1.82) is 0 Å². The van der Waals surface area contributed by atoms with Crippen molar-refractivity contribution in [3.05, 3.63) is 53.1 Å². The standard InChI is InChI=1S/C22H30N2O4S/c1-14(2)17-13-20(15(3)12-19(17)28-7)29(26,27)24-18-11-9-8-10-16(18)21(25)23-22(4,5)6/h8-14,24H,1-7H3,(H,23,25). The van der Waals surface area contributed by atoms with Gasteiger partial charge in [0.05, 0.1) is 23.3 Å². The number of carbonyl (C=O) groups excluding carboxylic acids is 1. The Morgan fingerprint density at radius 1 is 1.10 bits per heavy atom. The third kappa shape index (κ3) is 5.50. The molecule has 0 spiro atoms. The van der Waals surface area contributed by atoms with Crippen molar-refractivity contribution in [2.24, 2.45) is 0 Å². The number of hydrogen-bond acceptors (Lipinski definition) is 4. The molecule has 158 valence electrons. The molecular weight excluding hydrogens is 388 g/mol. The number of benzene rings is 2. The van der Waals surface area contributed by atoms with Crippen molar-refractivity contribution in [3.8, 4) is 5.75 Å². The van der Waals surface area contributed by atoms with Crippen LogP contribution in [-0.4, -0.2) is 27.0 Å². The van der Waals surface area contributed by atoms with Crippen LogP contribution in [0.1, 0.15) is 62.0 Å². The first-order valence-electron chi connectivity index (χ1n) is 9.48. The first-order chi connectivity index (χ1) is 13.4. The Hall–Kier alpha value is -2.54.